The highest BCUT2D eigenvalue weighted by Gasteiger charge is 2.13. The van der Waals surface area contributed by atoms with Crippen molar-refractivity contribution in [2.24, 2.45) is 7.05 Å². The molecule has 1 amide bonds. The molecule has 92 valence electrons. The number of ketones is 1. The van der Waals surface area contributed by atoms with E-state index in [1.807, 2.05) is 0 Å². The quantitative estimate of drug-likeness (QED) is 0.650. The summed E-state index contributed by atoms with van der Waals surface area (Å²) < 4.78 is 1.83. The van der Waals surface area contributed by atoms with Gasteiger partial charge >= 0.3 is 5.69 Å². The first kappa shape index (κ1) is 12.9. The predicted octanol–water partition coefficient (Wildman–Crippen LogP) is -1.50. The lowest BCUT2D eigenvalue weighted by Gasteiger charge is -2.08. The maximum Gasteiger partial charge on any atom is 0.331 e. The minimum atomic E-state index is -0.657. The van der Waals surface area contributed by atoms with Crippen LogP contribution in [0.2, 0.25) is 0 Å². The van der Waals surface area contributed by atoms with Crippen molar-refractivity contribution in [2.75, 3.05) is 7.05 Å². The molecule has 7 nitrogen and oxygen atoms in total. The second kappa shape index (κ2) is 4.77. The van der Waals surface area contributed by atoms with Crippen LogP contribution in [0.15, 0.2) is 15.8 Å². The largest absolute Gasteiger partial charge is 0.358 e. The van der Waals surface area contributed by atoms with Gasteiger partial charge in [-0.2, -0.15) is 0 Å². The Hall–Kier alpha value is -2.18. The fourth-order valence-electron chi connectivity index (χ4n) is 1.32. The topological polar surface area (TPSA) is 90.2 Å². The van der Waals surface area contributed by atoms with Crippen molar-refractivity contribution in [1.82, 2.24) is 14.5 Å². The van der Waals surface area contributed by atoms with E-state index in [0.29, 0.717) is 0 Å². The molecule has 0 aliphatic heterocycles. The van der Waals surface area contributed by atoms with Crippen LogP contribution in [0.1, 0.15) is 17.3 Å². The summed E-state index contributed by atoms with van der Waals surface area (Å²) in [6, 6.07) is 0. The number of hydrogen-bond donors (Lipinski definition) is 1. The summed E-state index contributed by atoms with van der Waals surface area (Å²) >= 11 is 0. The highest BCUT2D eigenvalue weighted by atomic mass is 16.2. The predicted molar refractivity (Wildman–Crippen MR) is 60.0 cm³/mol. The standard InChI is InChI=1S/C10H13N3O4/c1-6(14)7-4-13(5-8(15)11-2)10(17)12(3)9(7)16/h4H,5H2,1-3H3,(H,11,15). The molecule has 1 aromatic heterocycles. The van der Waals surface area contributed by atoms with E-state index in [1.165, 1.54) is 21.0 Å². The number of carbonyl (C=O) groups excluding carboxylic acids is 2. The SMILES string of the molecule is CNC(=O)Cn1cc(C(C)=O)c(=O)n(C)c1=O. The van der Waals surface area contributed by atoms with Crippen LogP contribution in [0.25, 0.3) is 0 Å². The molecule has 0 atom stereocenters. The number of amides is 1. The molecule has 1 aromatic rings. The minimum absolute atomic E-state index is 0.115. The third-order valence-corrected chi connectivity index (χ3v) is 2.32. The fourth-order valence-corrected chi connectivity index (χ4v) is 1.32. The van der Waals surface area contributed by atoms with E-state index in [1.54, 1.807) is 0 Å². The molecule has 1 heterocycles. The highest BCUT2D eigenvalue weighted by Crippen LogP contribution is 1.91. The molecule has 0 saturated heterocycles. The third-order valence-electron chi connectivity index (χ3n) is 2.32. The highest BCUT2D eigenvalue weighted by molar-refractivity contribution is 5.93. The summed E-state index contributed by atoms with van der Waals surface area (Å²) in [5, 5.41) is 2.35. The van der Waals surface area contributed by atoms with Crippen molar-refractivity contribution in [1.29, 1.82) is 0 Å². The number of likely N-dealkylation sites (N-methyl/N-ethyl adjacent to an activating group) is 1. The van der Waals surface area contributed by atoms with Gasteiger partial charge in [-0.05, 0) is 6.92 Å². The van der Waals surface area contributed by atoms with Crippen LogP contribution >= 0.6 is 0 Å². The van der Waals surface area contributed by atoms with E-state index in [0.717, 1.165) is 15.3 Å². The molecule has 0 saturated carbocycles. The Morgan fingerprint density at radius 3 is 2.41 bits per heavy atom. The van der Waals surface area contributed by atoms with Crippen molar-refractivity contribution < 1.29 is 9.59 Å². The second-order valence-corrected chi connectivity index (χ2v) is 3.55. The molecule has 0 bridgehead atoms. The zero-order chi connectivity index (χ0) is 13.2. The Morgan fingerprint density at radius 1 is 1.35 bits per heavy atom. The van der Waals surface area contributed by atoms with Gasteiger partial charge in [-0.3, -0.25) is 23.5 Å². The van der Waals surface area contributed by atoms with Gasteiger partial charge in [0.1, 0.15) is 6.54 Å². The molecule has 0 aromatic carbocycles. The van der Waals surface area contributed by atoms with Gasteiger partial charge in [0.05, 0.1) is 5.56 Å². The molecule has 0 unspecified atom stereocenters. The molecule has 7 heteroatoms. The number of hydrogen-bond acceptors (Lipinski definition) is 4. The molecule has 0 fully saturated rings. The molecular weight excluding hydrogens is 226 g/mol. The van der Waals surface area contributed by atoms with Crippen LogP contribution < -0.4 is 16.6 Å². The van der Waals surface area contributed by atoms with Crippen LogP contribution in [-0.2, 0) is 18.4 Å². The zero-order valence-corrected chi connectivity index (χ0v) is 9.81. The molecule has 1 N–H and O–H groups in total. The van der Waals surface area contributed by atoms with Gasteiger partial charge in [-0.1, -0.05) is 0 Å². The Labute approximate surface area is 96.7 Å². The first-order valence-electron chi connectivity index (χ1n) is 4.90. The van der Waals surface area contributed by atoms with Gasteiger partial charge in [0.2, 0.25) is 5.91 Å². The molecule has 1 rings (SSSR count). The summed E-state index contributed by atoms with van der Waals surface area (Å²) in [6.45, 7) is 0.995. The maximum absolute atomic E-state index is 11.7. The van der Waals surface area contributed by atoms with E-state index in [2.05, 4.69) is 5.32 Å². The van der Waals surface area contributed by atoms with Crippen LogP contribution in [0.3, 0.4) is 0 Å². The van der Waals surface area contributed by atoms with Crippen molar-refractivity contribution in [3.8, 4) is 0 Å². The smallest absolute Gasteiger partial charge is 0.331 e. The summed E-state index contributed by atoms with van der Waals surface area (Å²) in [5.41, 5.74) is -1.41. The number of Topliss-reactive ketones (excluding diaryl/α,β-unsaturated/α-hetero) is 1. The number of nitrogens with one attached hydrogen (secondary N) is 1. The summed E-state index contributed by atoms with van der Waals surface area (Å²) in [5.74, 6) is -0.837. The van der Waals surface area contributed by atoms with Crippen molar-refractivity contribution >= 4 is 11.7 Å². The van der Waals surface area contributed by atoms with E-state index >= 15 is 0 Å². The molecule has 0 radical (unpaired) electrons. The maximum atomic E-state index is 11.7. The average molecular weight is 239 g/mol. The van der Waals surface area contributed by atoms with Crippen LogP contribution in [0.4, 0.5) is 0 Å². The van der Waals surface area contributed by atoms with Crippen LogP contribution in [-0.4, -0.2) is 27.9 Å². The first-order valence-corrected chi connectivity index (χ1v) is 4.90. The van der Waals surface area contributed by atoms with Gasteiger partial charge in [-0.25, -0.2) is 4.79 Å². The van der Waals surface area contributed by atoms with Crippen molar-refractivity contribution in [3.05, 3.63) is 32.6 Å². The number of carbonyl (C=O) groups is 2. The molecule has 0 spiro atoms. The van der Waals surface area contributed by atoms with Gasteiger partial charge in [0.15, 0.2) is 5.78 Å². The van der Waals surface area contributed by atoms with Gasteiger partial charge in [-0.15, -0.1) is 0 Å². The summed E-state index contributed by atoms with van der Waals surface area (Å²) in [6.07, 6.45) is 1.11. The van der Waals surface area contributed by atoms with Gasteiger partial charge < -0.3 is 5.32 Å². The number of rotatable bonds is 3. The lowest BCUT2D eigenvalue weighted by molar-refractivity contribution is -0.121. The summed E-state index contributed by atoms with van der Waals surface area (Å²) in [4.78, 5) is 45.6. The van der Waals surface area contributed by atoms with Gasteiger partial charge in [0.25, 0.3) is 5.56 Å². The van der Waals surface area contributed by atoms with E-state index in [-0.39, 0.29) is 18.0 Å². The van der Waals surface area contributed by atoms with Gasteiger partial charge in [0, 0.05) is 20.3 Å². The third kappa shape index (κ3) is 2.49. The Balaban J connectivity index is 3.43. The van der Waals surface area contributed by atoms with Crippen molar-refractivity contribution in [3.63, 3.8) is 0 Å². The lowest BCUT2D eigenvalue weighted by atomic mass is 10.2. The van der Waals surface area contributed by atoms with E-state index in [9.17, 15) is 19.2 Å². The van der Waals surface area contributed by atoms with E-state index in [4.69, 9.17) is 0 Å². The average Bonchev–Trinajstić information content (AvgIpc) is 2.29. The van der Waals surface area contributed by atoms with Crippen LogP contribution in [0.5, 0.6) is 0 Å². The van der Waals surface area contributed by atoms with Crippen LogP contribution in [0, 0.1) is 0 Å². The molecule has 17 heavy (non-hydrogen) atoms. The molecular formula is C10H13N3O4. The normalized spacial score (nSPS) is 10.1. The number of nitrogens with zero attached hydrogens (tertiary/aromatic N) is 2. The first-order chi connectivity index (χ1) is 7.88. The zero-order valence-electron chi connectivity index (χ0n) is 9.81. The second-order valence-electron chi connectivity index (χ2n) is 3.55. The Kier molecular flexibility index (Phi) is 3.62. The molecule has 0 aliphatic carbocycles. The Bertz CT molecular complexity index is 582. The minimum Gasteiger partial charge on any atom is -0.358 e. The molecule has 0 aliphatic rings. The van der Waals surface area contributed by atoms with E-state index < -0.39 is 17.0 Å². The monoisotopic (exact) mass is 239 g/mol. The lowest BCUT2D eigenvalue weighted by Crippen LogP contribution is -2.42. The fraction of sp³-hybridized carbons (Fsp3) is 0.400. The number of aromatic nitrogens is 2. The summed E-state index contributed by atoms with van der Waals surface area (Å²) in [7, 11) is 2.69. The Morgan fingerprint density at radius 2 is 1.94 bits per heavy atom. The van der Waals surface area contributed by atoms with Crippen molar-refractivity contribution in [2.45, 2.75) is 13.5 Å².